The summed E-state index contributed by atoms with van der Waals surface area (Å²) in [6.07, 6.45) is 14.2. The predicted molar refractivity (Wildman–Crippen MR) is 108 cm³/mol. The van der Waals surface area contributed by atoms with Crippen molar-refractivity contribution in [3.63, 3.8) is 0 Å². The average Bonchev–Trinajstić information content (AvgIpc) is 3.29. The van der Waals surface area contributed by atoms with Gasteiger partial charge in [-0.25, -0.2) is 0 Å². The second kappa shape index (κ2) is 6.68. The molecule has 0 aromatic carbocycles. The fraction of sp³-hybridized carbons (Fsp3) is 0.833. The Kier molecular flexibility index (Phi) is 4.50. The van der Waals surface area contributed by atoms with Gasteiger partial charge in [0, 0.05) is 18.3 Å². The molecule has 8 atom stereocenters. The highest BCUT2D eigenvalue weighted by molar-refractivity contribution is 5.82. The minimum absolute atomic E-state index is 0.0701. The van der Waals surface area contributed by atoms with Crippen LogP contribution in [0.4, 0.5) is 0 Å². The summed E-state index contributed by atoms with van der Waals surface area (Å²) in [6.45, 7) is 5.41. The van der Waals surface area contributed by atoms with Gasteiger partial charge in [-0.15, -0.1) is 0 Å². The van der Waals surface area contributed by atoms with Gasteiger partial charge in [0.05, 0.1) is 12.6 Å². The molecule has 1 heterocycles. The average molecular weight is 385 g/mol. The van der Waals surface area contributed by atoms with Crippen LogP contribution in [-0.4, -0.2) is 26.8 Å². The quantitative estimate of drug-likeness (QED) is 0.836. The Morgan fingerprint density at radius 2 is 1.86 bits per heavy atom. The molecular formula is C24H36N2O2. The highest BCUT2D eigenvalue weighted by atomic mass is 16.3. The number of aromatic nitrogens is 2. The minimum Gasteiger partial charge on any atom is -0.393 e. The maximum atomic E-state index is 13.2. The molecule has 4 aliphatic rings. The molecule has 4 aliphatic carbocycles. The number of rotatable bonds is 3. The van der Waals surface area contributed by atoms with Crippen LogP contribution in [0, 0.1) is 40.4 Å². The Bertz CT molecular complexity index is 731. The van der Waals surface area contributed by atoms with Crippen LogP contribution in [0.3, 0.4) is 0 Å². The SMILES string of the molecule is C[C@]12CCC3C(CC[C@@H]4C[C@H](O)CC[C@]34C)C1CCC2C(=O)Cn1cccn1. The number of fused-ring (bicyclic) bond motifs is 5. The zero-order valence-electron chi connectivity index (χ0n) is 17.5. The van der Waals surface area contributed by atoms with Crippen LogP contribution in [0.15, 0.2) is 18.5 Å². The van der Waals surface area contributed by atoms with E-state index in [1.54, 1.807) is 10.9 Å². The van der Waals surface area contributed by atoms with E-state index in [2.05, 4.69) is 18.9 Å². The summed E-state index contributed by atoms with van der Waals surface area (Å²) < 4.78 is 1.80. The van der Waals surface area contributed by atoms with Gasteiger partial charge in [-0.1, -0.05) is 13.8 Å². The molecule has 1 N–H and O–H groups in total. The molecule has 28 heavy (non-hydrogen) atoms. The second-order valence-corrected chi connectivity index (χ2v) is 10.9. The third-order valence-electron chi connectivity index (χ3n) is 9.90. The van der Waals surface area contributed by atoms with Crippen molar-refractivity contribution in [1.82, 2.24) is 9.78 Å². The third-order valence-corrected chi connectivity index (χ3v) is 9.90. The van der Waals surface area contributed by atoms with E-state index in [-0.39, 0.29) is 17.4 Å². The maximum absolute atomic E-state index is 13.2. The molecule has 4 unspecified atom stereocenters. The molecule has 4 nitrogen and oxygen atoms in total. The number of hydrogen-bond donors (Lipinski definition) is 1. The van der Waals surface area contributed by atoms with Gasteiger partial charge in [0.15, 0.2) is 5.78 Å². The van der Waals surface area contributed by atoms with Gasteiger partial charge in [-0.05, 0) is 98.4 Å². The van der Waals surface area contributed by atoms with Gasteiger partial charge >= 0.3 is 0 Å². The molecule has 0 saturated heterocycles. The predicted octanol–water partition coefficient (Wildman–Crippen LogP) is 4.47. The first-order valence-electron chi connectivity index (χ1n) is 11.6. The first-order valence-corrected chi connectivity index (χ1v) is 11.6. The zero-order chi connectivity index (χ0) is 19.5. The molecule has 1 aromatic heterocycles. The van der Waals surface area contributed by atoms with E-state index in [0.717, 1.165) is 31.1 Å². The molecule has 5 rings (SSSR count). The molecule has 0 bridgehead atoms. The van der Waals surface area contributed by atoms with Crippen molar-refractivity contribution < 1.29 is 9.90 Å². The number of aliphatic hydroxyl groups excluding tert-OH is 1. The van der Waals surface area contributed by atoms with E-state index in [1.807, 2.05) is 12.3 Å². The van der Waals surface area contributed by atoms with Gasteiger partial charge in [-0.2, -0.15) is 5.10 Å². The van der Waals surface area contributed by atoms with Gasteiger partial charge in [0.1, 0.15) is 0 Å². The van der Waals surface area contributed by atoms with Crippen LogP contribution in [0.1, 0.15) is 71.6 Å². The van der Waals surface area contributed by atoms with Crippen molar-refractivity contribution in [1.29, 1.82) is 0 Å². The lowest BCUT2D eigenvalue weighted by atomic mass is 9.44. The third kappa shape index (κ3) is 2.74. The van der Waals surface area contributed by atoms with Crippen LogP contribution in [0.25, 0.3) is 0 Å². The Balaban J connectivity index is 1.36. The monoisotopic (exact) mass is 384 g/mol. The van der Waals surface area contributed by atoms with Crippen molar-refractivity contribution >= 4 is 5.78 Å². The Labute approximate surface area is 169 Å². The summed E-state index contributed by atoms with van der Waals surface area (Å²) in [7, 11) is 0. The van der Waals surface area contributed by atoms with Gasteiger partial charge in [0.2, 0.25) is 0 Å². The van der Waals surface area contributed by atoms with E-state index in [1.165, 1.54) is 38.5 Å². The normalized spacial score (nSPS) is 47.8. The van der Waals surface area contributed by atoms with Gasteiger partial charge < -0.3 is 5.11 Å². The Morgan fingerprint density at radius 1 is 1.07 bits per heavy atom. The molecule has 0 spiro atoms. The molecule has 0 amide bonds. The topological polar surface area (TPSA) is 55.1 Å². The molecule has 0 radical (unpaired) electrons. The van der Waals surface area contributed by atoms with Crippen molar-refractivity contribution in [2.75, 3.05) is 0 Å². The van der Waals surface area contributed by atoms with Crippen molar-refractivity contribution in [2.45, 2.75) is 84.3 Å². The lowest BCUT2D eigenvalue weighted by molar-refractivity contribution is -0.140. The van der Waals surface area contributed by atoms with Crippen molar-refractivity contribution in [2.24, 2.45) is 40.4 Å². The first kappa shape index (κ1) is 18.8. The lowest BCUT2D eigenvalue weighted by Crippen LogP contribution is -2.54. The number of carbonyl (C=O) groups is 1. The summed E-state index contributed by atoms with van der Waals surface area (Å²) in [5, 5.41) is 14.5. The second-order valence-electron chi connectivity index (χ2n) is 10.9. The lowest BCUT2D eigenvalue weighted by Gasteiger charge is -2.60. The van der Waals surface area contributed by atoms with Crippen LogP contribution in [0.2, 0.25) is 0 Å². The van der Waals surface area contributed by atoms with Gasteiger partial charge in [0.25, 0.3) is 0 Å². The minimum atomic E-state index is -0.0701. The smallest absolute Gasteiger partial charge is 0.157 e. The van der Waals surface area contributed by atoms with E-state index in [0.29, 0.717) is 29.6 Å². The molecule has 154 valence electrons. The van der Waals surface area contributed by atoms with Crippen LogP contribution in [0.5, 0.6) is 0 Å². The van der Waals surface area contributed by atoms with E-state index < -0.39 is 0 Å². The highest BCUT2D eigenvalue weighted by Gasteiger charge is 2.61. The highest BCUT2D eigenvalue weighted by Crippen LogP contribution is 2.67. The number of Topliss-reactive ketones (excluding diaryl/α,β-unsaturated/α-hetero) is 1. The molecule has 4 saturated carbocycles. The number of hydrogen-bond acceptors (Lipinski definition) is 3. The Hall–Kier alpha value is -1.16. The van der Waals surface area contributed by atoms with Crippen LogP contribution in [-0.2, 0) is 11.3 Å². The largest absolute Gasteiger partial charge is 0.393 e. The van der Waals surface area contributed by atoms with E-state index in [4.69, 9.17) is 0 Å². The van der Waals surface area contributed by atoms with Crippen LogP contribution >= 0.6 is 0 Å². The summed E-state index contributed by atoms with van der Waals surface area (Å²) in [5.41, 5.74) is 0.601. The molecule has 0 aliphatic heterocycles. The zero-order valence-corrected chi connectivity index (χ0v) is 17.5. The summed E-state index contributed by atoms with van der Waals surface area (Å²) in [5.74, 6) is 3.62. The Morgan fingerprint density at radius 3 is 2.64 bits per heavy atom. The van der Waals surface area contributed by atoms with Crippen molar-refractivity contribution in [3.05, 3.63) is 18.5 Å². The molecular weight excluding hydrogens is 348 g/mol. The number of ketones is 1. The van der Waals surface area contributed by atoms with E-state index in [9.17, 15) is 9.90 Å². The van der Waals surface area contributed by atoms with E-state index >= 15 is 0 Å². The molecule has 4 fully saturated rings. The molecule has 4 heteroatoms. The standard InChI is InChI=1S/C24H36N2O2/c1-23-10-8-17(27)14-16(23)4-5-18-19-6-7-21(24(19,2)11-9-20(18)23)22(28)15-26-13-3-12-25-26/h3,12-13,16-21,27H,4-11,14-15H2,1-2H3/t16-,17-,18?,19?,20?,21?,23+,24+/m1/s1. The summed E-state index contributed by atoms with van der Waals surface area (Å²) >= 11 is 0. The van der Waals surface area contributed by atoms with Gasteiger partial charge in [-0.3, -0.25) is 9.48 Å². The van der Waals surface area contributed by atoms with Crippen molar-refractivity contribution in [3.8, 4) is 0 Å². The maximum Gasteiger partial charge on any atom is 0.157 e. The fourth-order valence-corrected chi connectivity index (χ4v) is 8.43. The fourth-order valence-electron chi connectivity index (χ4n) is 8.43. The van der Waals surface area contributed by atoms with Crippen LogP contribution < -0.4 is 0 Å². The molecule has 1 aromatic rings. The number of aliphatic hydroxyl groups is 1. The number of carbonyl (C=O) groups excluding carboxylic acids is 1. The summed E-state index contributed by atoms with van der Waals surface area (Å²) in [4.78, 5) is 13.2. The summed E-state index contributed by atoms with van der Waals surface area (Å²) in [6, 6.07) is 1.90. The first-order chi connectivity index (χ1) is 13.4. The number of nitrogens with zero attached hydrogens (tertiary/aromatic N) is 2.